The number of carbonyl (C=O) groups excluding carboxylic acids is 1. The number of aryl methyl sites for hydroxylation is 2. The second-order valence-electron chi connectivity index (χ2n) is 7.71. The van der Waals surface area contributed by atoms with Crippen molar-refractivity contribution >= 4 is 27.5 Å². The highest BCUT2D eigenvalue weighted by Crippen LogP contribution is 2.30. The van der Waals surface area contributed by atoms with Crippen LogP contribution in [0, 0.1) is 6.92 Å². The molecule has 3 aromatic rings. The monoisotopic (exact) mass is 409 g/mol. The lowest BCUT2D eigenvalue weighted by atomic mass is 10.2. The van der Waals surface area contributed by atoms with Crippen LogP contribution in [0.2, 0.25) is 0 Å². The van der Waals surface area contributed by atoms with Gasteiger partial charge in [0.2, 0.25) is 0 Å². The minimum atomic E-state index is 0.00970. The maximum absolute atomic E-state index is 13.2. The largest absolute Gasteiger partial charge is 0.335 e. The minimum absolute atomic E-state index is 0.00970. The molecule has 0 radical (unpaired) electrons. The lowest BCUT2D eigenvalue weighted by Gasteiger charge is -2.34. The Labute approximate surface area is 172 Å². The van der Waals surface area contributed by atoms with Crippen molar-refractivity contribution in [3.8, 4) is 0 Å². The Bertz CT molecular complexity index is 1130. The van der Waals surface area contributed by atoms with Crippen LogP contribution >= 0.6 is 11.3 Å². The molecule has 0 unspecified atom stereocenters. The van der Waals surface area contributed by atoms with E-state index in [2.05, 4.69) is 14.9 Å². The summed E-state index contributed by atoms with van der Waals surface area (Å²) in [5.74, 6) is 0.874. The average molecular weight is 410 g/mol. The highest BCUT2D eigenvalue weighted by molar-refractivity contribution is 7.20. The maximum atomic E-state index is 13.2. The van der Waals surface area contributed by atoms with E-state index in [1.54, 1.807) is 4.57 Å². The number of pyridine rings is 1. The first-order chi connectivity index (χ1) is 14.1. The van der Waals surface area contributed by atoms with Crippen LogP contribution in [-0.4, -0.2) is 56.4 Å². The fourth-order valence-corrected chi connectivity index (χ4v) is 5.41. The molecule has 2 aliphatic rings. The van der Waals surface area contributed by atoms with E-state index < -0.39 is 0 Å². The lowest BCUT2D eigenvalue weighted by molar-refractivity contribution is 0.0631. The van der Waals surface area contributed by atoms with Crippen molar-refractivity contribution in [1.82, 2.24) is 24.3 Å². The van der Waals surface area contributed by atoms with Gasteiger partial charge in [0.1, 0.15) is 10.7 Å². The van der Waals surface area contributed by atoms with E-state index >= 15 is 0 Å². The van der Waals surface area contributed by atoms with Gasteiger partial charge < -0.3 is 4.90 Å². The number of hydrogen-bond acceptors (Lipinski definition) is 6. The van der Waals surface area contributed by atoms with E-state index in [0.29, 0.717) is 28.2 Å². The van der Waals surface area contributed by atoms with Crippen molar-refractivity contribution in [2.45, 2.75) is 32.9 Å². The highest BCUT2D eigenvalue weighted by atomic mass is 32.1. The molecule has 5 heterocycles. The van der Waals surface area contributed by atoms with Crippen molar-refractivity contribution in [2.75, 3.05) is 26.2 Å². The fraction of sp³-hybridized carbons (Fsp3) is 0.429. The summed E-state index contributed by atoms with van der Waals surface area (Å²) in [6, 6.07) is 5.95. The highest BCUT2D eigenvalue weighted by Gasteiger charge is 2.28. The first kappa shape index (κ1) is 18.4. The molecule has 1 fully saturated rings. The van der Waals surface area contributed by atoms with E-state index in [9.17, 15) is 9.59 Å². The van der Waals surface area contributed by atoms with Crippen LogP contribution in [0.4, 0.5) is 0 Å². The molecule has 0 saturated carbocycles. The molecule has 0 aromatic carbocycles. The van der Waals surface area contributed by atoms with Gasteiger partial charge in [0.05, 0.1) is 16.0 Å². The van der Waals surface area contributed by atoms with Crippen molar-refractivity contribution in [2.24, 2.45) is 0 Å². The van der Waals surface area contributed by atoms with E-state index in [-0.39, 0.29) is 11.5 Å². The summed E-state index contributed by atoms with van der Waals surface area (Å²) in [4.78, 5) is 40.7. The number of aromatic nitrogens is 3. The molecule has 0 atom stereocenters. The summed E-state index contributed by atoms with van der Waals surface area (Å²) in [6.45, 7) is 6.42. The summed E-state index contributed by atoms with van der Waals surface area (Å²) in [5.41, 5.74) is 1.84. The Balaban J connectivity index is 1.34. The SMILES string of the molecule is Cc1c(C(=O)N2CCN(Cc3ccccn3)CC2)sc2nc3n(c(=O)c12)CCC3. The summed E-state index contributed by atoms with van der Waals surface area (Å²) in [6.07, 6.45) is 3.61. The third-order valence-electron chi connectivity index (χ3n) is 5.88. The lowest BCUT2D eigenvalue weighted by Crippen LogP contribution is -2.48. The van der Waals surface area contributed by atoms with E-state index in [0.717, 1.165) is 56.1 Å². The van der Waals surface area contributed by atoms with Gasteiger partial charge >= 0.3 is 0 Å². The summed E-state index contributed by atoms with van der Waals surface area (Å²) < 4.78 is 1.77. The molecule has 1 saturated heterocycles. The summed E-state index contributed by atoms with van der Waals surface area (Å²) in [7, 11) is 0. The third-order valence-corrected chi connectivity index (χ3v) is 7.05. The number of nitrogens with zero attached hydrogens (tertiary/aromatic N) is 5. The normalized spacial score (nSPS) is 17.1. The number of rotatable bonds is 3. The predicted molar refractivity (Wildman–Crippen MR) is 112 cm³/mol. The molecule has 7 nitrogen and oxygen atoms in total. The van der Waals surface area contributed by atoms with E-state index in [1.807, 2.05) is 36.2 Å². The van der Waals surface area contributed by atoms with Gasteiger partial charge in [-0.25, -0.2) is 4.98 Å². The molecular weight excluding hydrogens is 386 g/mol. The predicted octanol–water partition coefficient (Wildman–Crippen LogP) is 2.07. The Morgan fingerprint density at radius 2 is 2.00 bits per heavy atom. The van der Waals surface area contributed by atoms with Gasteiger partial charge in [-0.05, 0) is 31.0 Å². The quantitative estimate of drug-likeness (QED) is 0.662. The Kier molecular flexibility index (Phi) is 4.67. The second kappa shape index (κ2) is 7.35. The van der Waals surface area contributed by atoms with Gasteiger partial charge in [-0.3, -0.25) is 24.0 Å². The van der Waals surface area contributed by atoms with Crippen LogP contribution in [0.3, 0.4) is 0 Å². The van der Waals surface area contributed by atoms with Crippen molar-refractivity contribution in [1.29, 1.82) is 0 Å². The van der Waals surface area contributed by atoms with Gasteiger partial charge in [0.25, 0.3) is 11.5 Å². The second-order valence-corrected chi connectivity index (χ2v) is 8.71. The zero-order valence-electron chi connectivity index (χ0n) is 16.4. The third kappa shape index (κ3) is 3.26. The van der Waals surface area contributed by atoms with Gasteiger partial charge in [-0.2, -0.15) is 0 Å². The standard InChI is InChI=1S/C21H23N5O2S/c1-14-17-19(23-16-6-4-8-26(16)20(17)27)29-18(14)21(28)25-11-9-24(10-12-25)13-15-5-2-3-7-22-15/h2-3,5,7H,4,6,8-13H2,1H3. The Morgan fingerprint density at radius 3 is 2.76 bits per heavy atom. The molecular formula is C21H23N5O2S. The molecule has 29 heavy (non-hydrogen) atoms. The molecule has 1 amide bonds. The average Bonchev–Trinajstić information content (AvgIpc) is 3.34. The van der Waals surface area contributed by atoms with Crippen molar-refractivity contribution in [3.63, 3.8) is 0 Å². The number of carbonyl (C=O) groups is 1. The molecule has 0 aliphatic carbocycles. The van der Waals surface area contributed by atoms with E-state index in [4.69, 9.17) is 0 Å². The van der Waals surface area contributed by atoms with Crippen LogP contribution in [0.5, 0.6) is 0 Å². The molecule has 0 spiro atoms. The molecule has 3 aromatic heterocycles. The molecule has 2 aliphatic heterocycles. The Hall–Kier alpha value is -2.58. The molecule has 0 bridgehead atoms. The fourth-order valence-electron chi connectivity index (χ4n) is 4.25. The first-order valence-electron chi connectivity index (χ1n) is 10.1. The summed E-state index contributed by atoms with van der Waals surface area (Å²) >= 11 is 1.37. The van der Waals surface area contributed by atoms with Gasteiger partial charge in [0, 0.05) is 51.9 Å². The van der Waals surface area contributed by atoms with Crippen molar-refractivity contribution in [3.05, 3.63) is 56.7 Å². The van der Waals surface area contributed by atoms with Crippen LogP contribution in [-0.2, 0) is 19.5 Å². The zero-order valence-corrected chi connectivity index (χ0v) is 17.2. The first-order valence-corrected chi connectivity index (χ1v) is 10.9. The number of piperazine rings is 1. The van der Waals surface area contributed by atoms with Gasteiger partial charge in [-0.1, -0.05) is 6.07 Å². The zero-order chi connectivity index (χ0) is 20.0. The van der Waals surface area contributed by atoms with Crippen molar-refractivity contribution < 1.29 is 4.79 Å². The number of amides is 1. The number of thiophene rings is 1. The molecule has 8 heteroatoms. The van der Waals surface area contributed by atoms with Crippen LogP contribution in [0.15, 0.2) is 29.2 Å². The molecule has 150 valence electrons. The molecule has 5 rings (SSSR count). The summed E-state index contributed by atoms with van der Waals surface area (Å²) in [5, 5.41) is 0.623. The minimum Gasteiger partial charge on any atom is -0.335 e. The van der Waals surface area contributed by atoms with E-state index in [1.165, 1.54) is 11.3 Å². The van der Waals surface area contributed by atoms with Gasteiger partial charge in [-0.15, -0.1) is 11.3 Å². The molecule has 0 N–H and O–H groups in total. The Morgan fingerprint density at radius 1 is 1.17 bits per heavy atom. The topological polar surface area (TPSA) is 71.3 Å². The van der Waals surface area contributed by atoms with Crippen LogP contribution < -0.4 is 5.56 Å². The van der Waals surface area contributed by atoms with Gasteiger partial charge in [0.15, 0.2) is 0 Å². The number of fused-ring (bicyclic) bond motifs is 2. The smallest absolute Gasteiger partial charge is 0.264 e. The van der Waals surface area contributed by atoms with Crippen LogP contribution in [0.25, 0.3) is 10.2 Å². The van der Waals surface area contributed by atoms with Crippen LogP contribution in [0.1, 0.15) is 33.2 Å². The number of hydrogen-bond donors (Lipinski definition) is 0. The maximum Gasteiger partial charge on any atom is 0.264 e.